The van der Waals surface area contributed by atoms with Crippen molar-refractivity contribution in [1.82, 2.24) is 4.72 Å². The van der Waals surface area contributed by atoms with E-state index in [1.165, 1.54) is 36.5 Å². The van der Waals surface area contributed by atoms with Gasteiger partial charge in [-0.05, 0) is 30.3 Å². The lowest BCUT2D eigenvalue weighted by atomic mass is 10.2. The molecule has 136 valence electrons. The van der Waals surface area contributed by atoms with Gasteiger partial charge in [0.15, 0.2) is 5.96 Å². The number of nitrogens with one attached hydrogen (secondary N) is 2. The highest BCUT2D eigenvalue weighted by atomic mass is 79.9. The zero-order valence-corrected chi connectivity index (χ0v) is 15.3. The molecule has 0 radical (unpaired) electrons. The summed E-state index contributed by atoms with van der Waals surface area (Å²) in [5.41, 5.74) is 4.99. The summed E-state index contributed by atoms with van der Waals surface area (Å²) in [5, 5.41) is 27.8. The maximum absolute atomic E-state index is 11.8. The predicted molar refractivity (Wildman–Crippen MR) is 98.4 cm³/mol. The molecule has 0 aliphatic heterocycles. The van der Waals surface area contributed by atoms with E-state index in [2.05, 4.69) is 20.9 Å². The van der Waals surface area contributed by atoms with Gasteiger partial charge < -0.3 is 10.8 Å². The molecule has 2 aromatic carbocycles. The molecule has 0 saturated carbocycles. The highest BCUT2D eigenvalue weighted by molar-refractivity contribution is 9.10. The lowest BCUT2D eigenvalue weighted by Crippen LogP contribution is -2.35. The molecule has 0 aliphatic carbocycles. The summed E-state index contributed by atoms with van der Waals surface area (Å²) in [4.78, 5) is 14.1. The molecule has 0 bridgehead atoms. The standard InChI is InChI=1S/C14H12BrN5O5S/c15-9-5-8(13(21)12(6-9)20(22)23)7-18-10-1-3-11(4-2-10)26(24,25)19-14(16)17/h1-7,21H,(H4,16,17,19)/b18-7+. The van der Waals surface area contributed by atoms with Crippen LogP contribution < -0.4 is 10.5 Å². The first-order valence-corrected chi connectivity index (χ1v) is 9.05. The van der Waals surface area contributed by atoms with E-state index in [0.29, 0.717) is 10.2 Å². The van der Waals surface area contributed by atoms with E-state index in [0.717, 1.165) is 6.07 Å². The molecule has 0 fully saturated rings. The Morgan fingerprint density at radius 3 is 2.50 bits per heavy atom. The van der Waals surface area contributed by atoms with Crippen molar-refractivity contribution in [3.63, 3.8) is 0 Å². The van der Waals surface area contributed by atoms with Crippen molar-refractivity contribution in [1.29, 1.82) is 5.41 Å². The number of hydrogen-bond donors (Lipinski definition) is 4. The molecular weight excluding hydrogens is 430 g/mol. The lowest BCUT2D eigenvalue weighted by Gasteiger charge is -2.05. The molecule has 0 heterocycles. The van der Waals surface area contributed by atoms with Crippen molar-refractivity contribution in [2.45, 2.75) is 4.90 Å². The van der Waals surface area contributed by atoms with Gasteiger partial charge in [0.1, 0.15) is 0 Å². The number of benzene rings is 2. The number of rotatable bonds is 5. The van der Waals surface area contributed by atoms with Crippen molar-refractivity contribution in [3.05, 3.63) is 56.5 Å². The Hall–Kier alpha value is -2.99. The normalized spacial score (nSPS) is 11.4. The van der Waals surface area contributed by atoms with Crippen molar-refractivity contribution in [3.8, 4) is 5.75 Å². The smallest absolute Gasteiger partial charge is 0.312 e. The van der Waals surface area contributed by atoms with Crippen LogP contribution in [-0.4, -0.2) is 30.6 Å². The zero-order chi connectivity index (χ0) is 19.5. The van der Waals surface area contributed by atoms with Crippen LogP contribution in [0.1, 0.15) is 5.56 Å². The number of hydrogen-bond acceptors (Lipinski definition) is 7. The van der Waals surface area contributed by atoms with Crippen molar-refractivity contribution in [2.24, 2.45) is 10.7 Å². The maximum atomic E-state index is 11.8. The highest BCUT2D eigenvalue weighted by Gasteiger charge is 2.17. The van der Waals surface area contributed by atoms with Crippen molar-refractivity contribution < 1.29 is 18.4 Å². The minimum absolute atomic E-state index is 0.112. The topological polar surface area (TPSA) is 172 Å². The van der Waals surface area contributed by atoms with Crippen LogP contribution >= 0.6 is 15.9 Å². The first kappa shape index (κ1) is 19.3. The fourth-order valence-electron chi connectivity index (χ4n) is 1.90. The van der Waals surface area contributed by atoms with Gasteiger partial charge in [0.25, 0.3) is 10.0 Å². The lowest BCUT2D eigenvalue weighted by molar-refractivity contribution is -0.385. The summed E-state index contributed by atoms with van der Waals surface area (Å²) in [5.74, 6) is -1.24. The largest absolute Gasteiger partial charge is 0.502 e. The molecule has 0 saturated heterocycles. The van der Waals surface area contributed by atoms with Gasteiger partial charge in [-0.2, -0.15) is 0 Å². The molecule has 0 unspecified atom stereocenters. The number of aliphatic imine (C=N–C) groups is 1. The fraction of sp³-hybridized carbons (Fsp3) is 0. The average Bonchev–Trinajstić information content (AvgIpc) is 2.54. The highest BCUT2D eigenvalue weighted by Crippen LogP contribution is 2.32. The Morgan fingerprint density at radius 2 is 1.96 bits per heavy atom. The van der Waals surface area contributed by atoms with Crippen LogP contribution in [0.2, 0.25) is 0 Å². The summed E-state index contributed by atoms with van der Waals surface area (Å²) >= 11 is 3.11. The van der Waals surface area contributed by atoms with Crippen LogP contribution in [0.5, 0.6) is 5.75 Å². The summed E-state index contributed by atoms with van der Waals surface area (Å²) in [6, 6.07) is 7.88. The van der Waals surface area contributed by atoms with Crippen LogP contribution in [-0.2, 0) is 10.0 Å². The van der Waals surface area contributed by atoms with Gasteiger partial charge in [0.2, 0.25) is 5.75 Å². The second-order valence-corrected chi connectivity index (χ2v) is 7.49. The van der Waals surface area contributed by atoms with Gasteiger partial charge in [-0.25, -0.2) is 13.1 Å². The molecule has 0 amide bonds. The monoisotopic (exact) mass is 441 g/mol. The molecule has 0 spiro atoms. The first-order chi connectivity index (χ1) is 12.1. The van der Waals surface area contributed by atoms with Crippen LogP contribution in [0.25, 0.3) is 0 Å². The quantitative estimate of drug-likeness (QED) is 0.239. The molecule has 26 heavy (non-hydrogen) atoms. The van der Waals surface area contributed by atoms with E-state index >= 15 is 0 Å². The number of nitro benzene ring substituents is 1. The second kappa shape index (κ2) is 7.49. The third kappa shape index (κ3) is 4.55. The van der Waals surface area contributed by atoms with Gasteiger partial charge in [0, 0.05) is 22.3 Å². The maximum Gasteiger partial charge on any atom is 0.312 e. The van der Waals surface area contributed by atoms with Crippen molar-refractivity contribution >= 4 is 49.5 Å². The van der Waals surface area contributed by atoms with E-state index < -0.39 is 32.3 Å². The SMILES string of the molecule is N=C(N)NS(=O)(=O)c1ccc(/N=C/c2cc(Br)cc([N+](=O)[O-])c2O)cc1. The Kier molecular flexibility index (Phi) is 5.57. The molecule has 5 N–H and O–H groups in total. The summed E-state index contributed by atoms with van der Waals surface area (Å²) in [7, 11) is -3.94. The fourth-order valence-corrected chi connectivity index (χ4v) is 3.27. The van der Waals surface area contributed by atoms with Crippen molar-refractivity contribution in [2.75, 3.05) is 0 Å². The zero-order valence-electron chi connectivity index (χ0n) is 12.9. The van der Waals surface area contributed by atoms with E-state index in [9.17, 15) is 23.6 Å². The summed E-state index contributed by atoms with van der Waals surface area (Å²) < 4.78 is 25.9. The third-order valence-corrected chi connectivity index (χ3v) is 4.86. The molecule has 0 atom stereocenters. The van der Waals surface area contributed by atoms with Gasteiger partial charge in [0.05, 0.1) is 15.5 Å². The summed E-state index contributed by atoms with van der Waals surface area (Å²) in [6.45, 7) is 0. The molecule has 0 aliphatic rings. The average molecular weight is 442 g/mol. The predicted octanol–water partition coefficient (Wildman–Crippen LogP) is 1.99. The van der Waals surface area contributed by atoms with Crippen LogP contribution in [0.15, 0.2) is 50.8 Å². The van der Waals surface area contributed by atoms with Gasteiger partial charge in [-0.1, -0.05) is 15.9 Å². The van der Waals surface area contributed by atoms with E-state index in [-0.39, 0.29) is 10.5 Å². The molecule has 0 aromatic heterocycles. The number of nitrogens with zero attached hydrogens (tertiary/aromatic N) is 2. The number of aromatic hydroxyl groups is 1. The van der Waals surface area contributed by atoms with Gasteiger partial charge >= 0.3 is 5.69 Å². The molecule has 12 heteroatoms. The second-order valence-electron chi connectivity index (χ2n) is 4.89. The Bertz CT molecular complexity index is 1010. The number of sulfonamides is 1. The van der Waals surface area contributed by atoms with Gasteiger partial charge in [-0.3, -0.25) is 20.5 Å². The molecule has 10 nitrogen and oxygen atoms in total. The number of nitro groups is 1. The summed E-state index contributed by atoms with van der Waals surface area (Å²) in [6.07, 6.45) is 1.21. The number of nitrogens with two attached hydrogens (primary N) is 1. The minimum Gasteiger partial charge on any atom is -0.502 e. The first-order valence-electron chi connectivity index (χ1n) is 6.78. The molecule has 2 aromatic rings. The van der Waals surface area contributed by atoms with Gasteiger partial charge in [-0.15, -0.1) is 0 Å². The third-order valence-electron chi connectivity index (χ3n) is 3.02. The minimum atomic E-state index is -3.94. The Labute approximate surface area is 156 Å². The number of halogens is 1. The number of phenols is 1. The Balaban J connectivity index is 2.30. The van der Waals surface area contributed by atoms with Crippen LogP contribution in [0, 0.1) is 15.5 Å². The number of phenolic OH excluding ortho intramolecular Hbond substituents is 1. The van der Waals surface area contributed by atoms with Crippen LogP contribution in [0.3, 0.4) is 0 Å². The Morgan fingerprint density at radius 1 is 1.35 bits per heavy atom. The molecular formula is C14H12BrN5O5S. The van der Waals surface area contributed by atoms with E-state index in [4.69, 9.17) is 11.1 Å². The van der Waals surface area contributed by atoms with Crippen LogP contribution in [0.4, 0.5) is 11.4 Å². The molecule has 2 rings (SSSR count). The van der Waals surface area contributed by atoms with E-state index in [1.807, 2.05) is 4.72 Å². The van der Waals surface area contributed by atoms with E-state index in [1.54, 1.807) is 0 Å². The number of guanidine groups is 1.